The fraction of sp³-hybridized carbons (Fsp3) is 0.167. The maximum Gasteiger partial charge on any atom is 0.416 e. The third-order valence-corrected chi connectivity index (χ3v) is 5.84. The van der Waals surface area contributed by atoms with Gasteiger partial charge in [0.05, 0.1) is 30.7 Å². The molecule has 3 aromatic carbocycles. The average Bonchev–Trinajstić information content (AvgIpc) is 2.79. The van der Waals surface area contributed by atoms with E-state index in [4.69, 9.17) is 4.74 Å². The zero-order valence-corrected chi connectivity index (χ0v) is 19.1. The van der Waals surface area contributed by atoms with E-state index in [9.17, 15) is 22.4 Å². The number of ether oxygens (including phenoxy) is 1. The number of amidine groups is 1. The number of carbonyl (C=O) groups excluding carboxylic acids is 1. The molecule has 1 aliphatic heterocycles. The molecule has 0 fully saturated rings. The van der Waals surface area contributed by atoms with Gasteiger partial charge in [-0.25, -0.2) is 13.8 Å². The molecule has 10 heteroatoms. The lowest BCUT2D eigenvalue weighted by Gasteiger charge is -2.38. The predicted molar refractivity (Wildman–Crippen MR) is 120 cm³/mol. The van der Waals surface area contributed by atoms with E-state index in [2.05, 4.69) is 20.9 Å². The summed E-state index contributed by atoms with van der Waals surface area (Å²) in [7, 11) is 1.16. The highest BCUT2D eigenvalue weighted by Gasteiger charge is 2.37. The van der Waals surface area contributed by atoms with Gasteiger partial charge in [0.2, 0.25) is 0 Å². The maximum atomic E-state index is 15.0. The lowest BCUT2D eigenvalue weighted by atomic mass is 9.95. The SMILES string of the molecule is COC(=O)CC1c2cccc(F)c2N=C(c2ccc(Br)cc2F)N1c1cccc(C(F)(F)F)c1. The number of fused-ring (bicyclic) bond motifs is 1. The van der Waals surface area contributed by atoms with E-state index in [0.29, 0.717) is 4.47 Å². The topological polar surface area (TPSA) is 41.9 Å². The normalized spacial score (nSPS) is 15.6. The summed E-state index contributed by atoms with van der Waals surface area (Å²) in [4.78, 5) is 17.9. The van der Waals surface area contributed by atoms with E-state index in [0.717, 1.165) is 31.4 Å². The first-order valence-corrected chi connectivity index (χ1v) is 10.7. The van der Waals surface area contributed by atoms with E-state index in [1.165, 1.54) is 41.3 Å². The van der Waals surface area contributed by atoms with Gasteiger partial charge in [-0.3, -0.25) is 4.79 Å². The molecule has 1 aliphatic rings. The Kier molecular flexibility index (Phi) is 6.44. The third kappa shape index (κ3) is 4.54. The van der Waals surface area contributed by atoms with Crippen molar-refractivity contribution < 1.29 is 31.5 Å². The molecule has 0 aliphatic carbocycles. The minimum atomic E-state index is -4.65. The molecule has 1 heterocycles. The highest BCUT2D eigenvalue weighted by molar-refractivity contribution is 9.10. The van der Waals surface area contributed by atoms with Crippen molar-refractivity contribution >= 4 is 39.1 Å². The molecule has 1 atom stereocenters. The number of hydrogen-bond acceptors (Lipinski definition) is 4. The van der Waals surface area contributed by atoms with Gasteiger partial charge in [-0.15, -0.1) is 0 Å². The monoisotopic (exact) mass is 538 g/mol. The van der Waals surface area contributed by atoms with Crippen molar-refractivity contribution in [3.05, 3.63) is 93.5 Å². The van der Waals surface area contributed by atoms with Gasteiger partial charge in [-0.2, -0.15) is 13.2 Å². The number of benzene rings is 3. The standard InChI is InChI=1S/C24H16BrF5N2O2/c1-34-21(33)12-20-17-6-3-7-18(26)22(17)31-23(16-9-8-14(25)11-19(16)27)32(20)15-5-2-4-13(10-15)24(28,29)30/h2-11,20H,12H2,1H3. The summed E-state index contributed by atoms with van der Waals surface area (Å²) in [5.74, 6) is -2.28. The Bertz CT molecular complexity index is 1290. The number of alkyl halides is 3. The second-order valence-electron chi connectivity index (χ2n) is 7.45. The van der Waals surface area contributed by atoms with E-state index in [-0.39, 0.29) is 34.8 Å². The van der Waals surface area contributed by atoms with Gasteiger partial charge >= 0.3 is 12.1 Å². The molecule has 4 nitrogen and oxygen atoms in total. The van der Waals surface area contributed by atoms with Crippen molar-refractivity contribution in [3.63, 3.8) is 0 Å². The van der Waals surface area contributed by atoms with Gasteiger partial charge in [0.1, 0.15) is 23.2 Å². The van der Waals surface area contributed by atoms with Gasteiger partial charge in [0, 0.05) is 15.7 Å². The van der Waals surface area contributed by atoms with Crippen LogP contribution in [0.5, 0.6) is 0 Å². The molecule has 0 amide bonds. The number of hydrogen-bond donors (Lipinski definition) is 0. The molecule has 3 aromatic rings. The van der Waals surface area contributed by atoms with Gasteiger partial charge in [0.15, 0.2) is 0 Å². The average molecular weight is 539 g/mol. The highest BCUT2D eigenvalue weighted by Crippen LogP contribution is 2.43. The molecule has 0 spiro atoms. The van der Waals surface area contributed by atoms with Crippen LogP contribution in [0.1, 0.15) is 29.2 Å². The first-order valence-electron chi connectivity index (χ1n) is 9.96. The first-order chi connectivity index (χ1) is 16.1. The Labute approximate surface area is 199 Å². The predicted octanol–water partition coefficient (Wildman–Crippen LogP) is 6.95. The number of nitrogens with zero attached hydrogens (tertiary/aromatic N) is 2. The molecular formula is C24H16BrF5N2O2. The Hall–Kier alpha value is -3.27. The molecule has 0 saturated heterocycles. The number of aliphatic imine (C=N–C) groups is 1. The summed E-state index contributed by atoms with van der Waals surface area (Å²) in [6.07, 6.45) is -4.99. The number of esters is 1. The largest absolute Gasteiger partial charge is 0.469 e. The van der Waals surface area contributed by atoms with Gasteiger partial charge < -0.3 is 9.64 Å². The van der Waals surface area contributed by atoms with Crippen LogP contribution >= 0.6 is 15.9 Å². The number of rotatable bonds is 4. The minimum absolute atomic E-state index is 0.000270. The van der Waals surface area contributed by atoms with Crippen LogP contribution in [0.4, 0.5) is 33.3 Å². The second kappa shape index (κ2) is 9.17. The van der Waals surface area contributed by atoms with Gasteiger partial charge in [-0.1, -0.05) is 34.1 Å². The molecule has 0 radical (unpaired) electrons. The second-order valence-corrected chi connectivity index (χ2v) is 8.37. The Morgan fingerprint density at radius 3 is 2.47 bits per heavy atom. The van der Waals surface area contributed by atoms with Crippen molar-refractivity contribution in [1.82, 2.24) is 0 Å². The van der Waals surface area contributed by atoms with Gasteiger partial charge in [-0.05, 0) is 42.5 Å². The summed E-state index contributed by atoms with van der Waals surface area (Å²) in [6.45, 7) is 0. The first kappa shape index (κ1) is 23.9. The van der Waals surface area contributed by atoms with Crippen LogP contribution in [0, 0.1) is 11.6 Å². The molecule has 0 bridgehead atoms. The smallest absolute Gasteiger partial charge is 0.416 e. The fourth-order valence-corrected chi connectivity index (χ4v) is 4.14. The number of anilines is 1. The van der Waals surface area contributed by atoms with Crippen molar-refractivity contribution in [1.29, 1.82) is 0 Å². The van der Waals surface area contributed by atoms with Crippen LogP contribution in [0.2, 0.25) is 0 Å². The van der Waals surface area contributed by atoms with Crippen LogP contribution < -0.4 is 4.90 Å². The maximum absolute atomic E-state index is 15.0. The Balaban J connectivity index is 2.01. The fourth-order valence-electron chi connectivity index (χ4n) is 3.80. The summed E-state index contributed by atoms with van der Waals surface area (Å²) in [5.41, 5.74) is -0.896. The molecule has 34 heavy (non-hydrogen) atoms. The summed E-state index contributed by atoms with van der Waals surface area (Å²) in [6, 6.07) is 11.5. The van der Waals surface area contributed by atoms with Gasteiger partial charge in [0.25, 0.3) is 0 Å². The molecule has 0 saturated carbocycles. The molecule has 4 rings (SSSR count). The summed E-state index contributed by atoms with van der Waals surface area (Å²) in [5, 5.41) is 0. The van der Waals surface area contributed by atoms with Crippen molar-refractivity contribution in [2.45, 2.75) is 18.6 Å². The number of halogens is 6. The molecule has 1 unspecified atom stereocenters. The highest BCUT2D eigenvalue weighted by atomic mass is 79.9. The molecule has 0 N–H and O–H groups in total. The quantitative estimate of drug-likeness (QED) is 0.266. The third-order valence-electron chi connectivity index (χ3n) is 5.35. The van der Waals surface area contributed by atoms with Crippen LogP contribution in [0.25, 0.3) is 0 Å². The Morgan fingerprint density at radius 2 is 1.79 bits per heavy atom. The summed E-state index contributed by atoms with van der Waals surface area (Å²) < 4.78 is 75.4. The van der Waals surface area contributed by atoms with E-state index in [1.807, 2.05) is 0 Å². The molecular weight excluding hydrogens is 523 g/mol. The van der Waals surface area contributed by atoms with Crippen LogP contribution in [0.3, 0.4) is 0 Å². The summed E-state index contributed by atoms with van der Waals surface area (Å²) >= 11 is 3.16. The number of methoxy groups -OCH3 is 1. The van der Waals surface area contributed by atoms with Crippen LogP contribution in [-0.2, 0) is 15.7 Å². The lowest BCUT2D eigenvalue weighted by molar-refractivity contribution is -0.141. The number of carbonyl (C=O) groups is 1. The zero-order chi connectivity index (χ0) is 24.6. The van der Waals surface area contributed by atoms with Crippen molar-refractivity contribution in [2.75, 3.05) is 12.0 Å². The molecule has 0 aromatic heterocycles. The van der Waals surface area contributed by atoms with E-state index >= 15 is 4.39 Å². The van der Waals surface area contributed by atoms with Crippen LogP contribution in [-0.4, -0.2) is 18.9 Å². The lowest BCUT2D eigenvalue weighted by Crippen LogP contribution is -2.40. The van der Waals surface area contributed by atoms with Crippen molar-refractivity contribution in [2.24, 2.45) is 4.99 Å². The molecule has 176 valence electrons. The van der Waals surface area contributed by atoms with Crippen molar-refractivity contribution in [3.8, 4) is 0 Å². The zero-order valence-electron chi connectivity index (χ0n) is 17.5. The van der Waals surface area contributed by atoms with E-state index in [1.54, 1.807) is 0 Å². The minimum Gasteiger partial charge on any atom is -0.469 e. The Morgan fingerprint density at radius 1 is 1.06 bits per heavy atom. The van der Waals surface area contributed by atoms with Crippen LogP contribution in [0.15, 0.2) is 70.1 Å². The number of para-hydroxylation sites is 1. The van der Waals surface area contributed by atoms with E-state index < -0.39 is 35.4 Å².